The van der Waals surface area contributed by atoms with Crippen molar-refractivity contribution in [2.45, 2.75) is 70.9 Å². The highest BCUT2D eigenvalue weighted by Crippen LogP contribution is 2.50. The third-order valence-electron chi connectivity index (χ3n) is 4.96. The van der Waals surface area contributed by atoms with E-state index >= 15 is 0 Å². The quantitative estimate of drug-likeness (QED) is 0.767. The Hall–Kier alpha value is -1.78. The Labute approximate surface area is 150 Å². The summed E-state index contributed by atoms with van der Waals surface area (Å²) in [7, 11) is 0. The smallest absolute Gasteiger partial charge is 0.410 e. The molecule has 1 aromatic rings. The van der Waals surface area contributed by atoms with Crippen LogP contribution in [-0.4, -0.2) is 40.8 Å². The van der Waals surface area contributed by atoms with Crippen molar-refractivity contribution in [2.24, 2.45) is 5.92 Å². The van der Waals surface area contributed by atoms with E-state index in [1.165, 1.54) is 24.8 Å². The topological polar surface area (TPSA) is 51.7 Å². The van der Waals surface area contributed by atoms with E-state index in [-0.39, 0.29) is 12.1 Å². The van der Waals surface area contributed by atoms with Crippen molar-refractivity contribution in [3.8, 4) is 5.75 Å². The largest absolute Gasteiger partial charge is 0.490 e. The summed E-state index contributed by atoms with van der Waals surface area (Å²) in [5, 5.41) is 0. The molecular formula is C20H30N2O3. The first-order valence-corrected chi connectivity index (χ1v) is 9.44. The number of ether oxygens (including phenoxy) is 2. The van der Waals surface area contributed by atoms with Gasteiger partial charge in [0.1, 0.15) is 18.0 Å². The monoisotopic (exact) mass is 346 g/mol. The normalized spacial score (nSPS) is 25.3. The van der Waals surface area contributed by atoms with Crippen molar-refractivity contribution >= 4 is 6.09 Å². The van der Waals surface area contributed by atoms with Gasteiger partial charge < -0.3 is 14.4 Å². The van der Waals surface area contributed by atoms with Crippen molar-refractivity contribution in [3.63, 3.8) is 0 Å². The minimum Gasteiger partial charge on any atom is -0.490 e. The number of rotatable bonds is 6. The van der Waals surface area contributed by atoms with Crippen molar-refractivity contribution in [3.05, 3.63) is 24.0 Å². The molecule has 5 nitrogen and oxygen atoms in total. The third kappa shape index (κ3) is 4.65. The van der Waals surface area contributed by atoms with Gasteiger partial charge in [-0.3, -0.25) is 4.98 Å². The molecular weight excluding hydrogens is 316 g/mol. The Kier molecular flexibility index (Phi) is 5.21. The van der Waals surface area contributed by atoms with E-state index in [0.717, 1.165) is 24.6 Å². The highest BCUT2D eigenvalue weighted by atomic mass is 16.6. The Balaban J connectivity index is 1.50. The Morgan fingerprint density at radius 3 is 2.80 bits per heavy atom. The molecule has 1 saturated carbocycles. The molecule has 138 valence electrons. The molecule has 0 aromatic carbocycles. The third-order valence-corrected chi connectivity index (χ3v) is 4.96. The van der Waals surface area contributed by atoms with Crippen LogP contribution in [0.4, 0.5) is 4.79 Å². The standard InChI is InChI=1S/C20H30N2O3/c1-5-6-14-10-18(14)15-9-17(12-21-11-15)24-13-16-7-8-22(16)19(23)25-20(2,3)4/h9,11-12,14,16,18H,5-8,10,13H2,1-4H3. The highest BCUT2D eigenvalue weighted by Gasteiger charge is 2.38. The molecule has 1 aromatic heterocycles. The number of aromatic nitrogens is 1. The van der Waals surface area contributed by atoms with Gasteiger partial charge in [-0.1, -0.05) is 19.8 Å². The summed E-state index contributed by atoms with van der Waals surface area (Å²) in [5.74, 6) is 2.27. The van der Waals surface area contributed by atoms with E-state index in [9.17, 15) is 4.79 Å². The van der Waals surface area contributed by atoms with Gasteiger partial charge in [0.2, 0.25) is 0 Å². The number of likely N-dealkylation sites (tertiary alicyclic amines) is 1. The predicted octanol–water partition coefficient (Wildman–Crippen LogP) is 4.37. The van der Waals surface area contributed by atoms with Crippen LogP contribution in [0.3, 0.4) is 0 Å². The zero-order valence-corrected chi connectivity index (χ0v) is 15.8. The molecule has 1 aliphatic carbocycles. The molecule has 0 bridgehead atoms. The number of carbonyl (C=O) groups is 1. The van der Waals surface area contributed by atoms with E-state index in [2.05, 4.69) is 18.0 Å². The second kappa shape index (κ2) is 7.22. The summed E-state index contributed by atoms with van der Waals surface area (Å²) < 4.78 is 11.4. The lowest BCUT2D eigenvalue weighted by molar-refractivity contribution is -0.0141. The maximum Gasteiger partial charge on any atom is 0.410 e. The fraction of sp³-hybridized carbons (Fsp3) is 0.700. The molecule has 0 spiro atoms. The molecule has 3 rings (SSSR count). The summed E-state index contributed by atoms with van der Waals surface area (Å²) in [5.41, 5.74) is 0.823. The van der Waals surface area contributed by atoms with Crippen molar-refractivity contribution in [1.82, 2.24) is 9.88 Å². The number of carbonyl (C=O) groups excluding carboxylic acids is 1. The van der Waals surface area contributed by atoms with Gasteiger partial charge in [0.15, 0.2) is 0 Å². The Bertz CT molecular complexity index is 611. The fourth-order valence-corrected chi connectivity index (χ4v) is 3.43. The minimum atomic E-state index is -0.463. The van der Waals surface area contributed by atoms with Crippen LogP contribution in [-0.2, 0) is 4.74 Å². The zero-order chi connectivity index (χ0) is 18.0. The van der Waals surface area contributed by atoms with E-state index in [1.807, 2.05) is 27.0 Å². The molecule has 2 fully saturated rings. The maximum absolute atomic E-state index is 12.1. The van der Waals surface area contributed by atoms with Gasteiger partial charge in [0, 0.05) is 12.7 Å². The highest BCUT2D eigenvalue weighted by molar-refractivity contribution is 5.69. The van der Waals surface area contributed by atoms with Gasteiger partial charge in [0.25, 0.3) is 0 Å². The summed E-state index contributed by atoms with van der Waals surface area (Å²) in [4.78, 5) is 18.2. The van der Waals surface area contributed by atoms with Crippen LogP contribution in [0, 0.1) is 5.92 Å². The lowest BCUT2D eigenvalue weighted by atomic mass is 10.1. The molecule has 1 saturated heterocycles. The van der Waals surface area contributed by atoms with Gasteiger partial charge in [-0.2, -0.15) is 0 Å². The van der Waals surface area contributed by atoms with Gasteiger partial charge in [-0.25, -0.2) is 4.79 Å². The molecule has 5 heteroatoms. The number of hydrogen-bond donors (Lipinski definition) is 0. The Morgan fingerprint density at radius 1 is 1.36 bits per heavy atom. The van der Waals surface area contributed by atoms with Gasteiger partial charge in [0.05, 0.1) is 12.2 Å². The Morgan fingerprint density at radius 2 is 2.16 bits per heavy atom. The molecule has 25 heavy (non-hydrogen) atoms. The summed E-state index contributed by atoms with van der Waals surface area (Å²) in [6, 6.07) is 2.20. The molecule has 1 aliphatic heterocycles. The number of amides is 1. The molecule has 2 aliphatic rings. The average molecular weight is 346 g/mol. The van der Waals surface area contributed by atoms with Crippen molar-refractivity contribution < 1.29 is 14.3 Å². The van der Waals surface area contributed by atoms with E-state index in [0.29, 0.717) is 12.5 Å². The van der Waals surface area contributed by atoms with Crippen LogP contribution in [0.2, 0.25) is 0 Å². The lowest BCUT2D eigenvalue weighted by Crippen LogP contribution is -2.55. The SMILES string of the molecule is CCCC1CC1c1cncc(OCC2CCN2C(=O)OC(C)(C)C)c1. The first kappa shape index (κ1) is 18.0. The van der Waals surface area contributed by atoms with E-state index in [4.69, 9.17) is 9.47 Å². The van der Waals surface area contributed by atoms with Crippen LogP contribution >= 0.6 is 0 Å². The number of nitrogens with zero attached hydrogens (tertiary/aromatic N) is 2. The van der Waals surface area contributed by atoms with Crippen molar-refractivity contribution in [2.75, 3.05) is 13.2 Å². The summed E-state index contributed by atoms with van der Waals surface area (Å²) >= 11 is 0. The van der Waals surface area contributed by atoms with Gasteiger partial charge >= 0.3 is 6.09 Å². The second-order valence-corrected chi connectivity index (χ2v) is 8.27. The summed E-state index contributed by atoms with van der Waals surface area (Å²) in [6.45, 7) is 9.13. The van der Waals surface area contributed by atoms with Gasteiger partial charge in [-0.15, -0.1) is 0 Å². The van der Waals surface area contributed by atoms with Crippen LogP contribution in [0.15, 0.2) is 18.5 Å². The molecule has 0 radical (unpaired) electrons. The zero-order valence-electron chi connectivity index (χ0n) is 15.8. The number of hydrogen-bond acceptors (Lipinski definition) is 4. The molecule has 0 N–H and O–H groups in total. The van der Waals surface area contributed by atoms with Crippen LogP contribution in [0.25, 0.3) is 0 Å². The van der Waals surface area contributed by atoms with Crippen LogP contribution < -0.4 is 4.74 Å². The molecule has 3 unspecified atom stereocenters. The summed E-state index contributed by atoms with van der Waals surface area (Å²) in [6.07, 6.45) is 8.23. The second-order valence-electron chi connectivity index (χ2n) is 8.27. The average Bonchev–Trinajstić information content (AvgIpc) is 3.24. The number of pyridine rings is 1. The molecule has 1 amide bonds. The van der Waals surface area contributed by atoms with E-state index in [1.54, 1.807) is 11.1 Å². The maximum atomic E-state index is 12.1. The lowest BCUT2D eigenvalue weighted by Gasteiger charge is -2.40. The van der Waals surface area contributed by atoms with Crippen molar-refractivity contribution in [1.29, 1.82) is 0 Å². The minimum absolute atomic E-state index is 0.0901. The molecule has 3 atom stereocenters. The van der Waals surface area contributed by atoms with E-state index < -0.39 is 5.60 Å². The first-order chi connectivity index (χ1) is 11.9. The first-order valence-electron chi connectivity index (χ1n) is 9.44. The molecule has 2 heterocycles. The predicted molar refractivity (Wildman–Crippen MR) is 96.8 cm³/mol. The van der Waals surface area contributed by atoms with Crippen LogP contribution in [0.1, 0.15) is 64.9 Å². The van der Waals surface area contributed by atoms with Crippen LogP contribution in [0.5, 0.6) is 5.75 Å². The van der Waals surface area contributed by atoms with Gasteiger partial charge in [-0.05, 0) is 57.1 Å². The fourth-order valence-electron chi connectivity index (χ4n) is 3.43.